The molecule has 7 heteroatoms. The van der Waals surface area contributed by atoms with Crippen molar-refractivity contribution in [1.29, 1.82) is 0 Å². The molecule has 0 aromatic heterocycles. The van der Waals surface area contributed by atoms with Gasteiger partial charge in [0.15, 0.2) is 17.2 Å². The maximum Gasteiger partial charge on any atom is 0.363 e. The second-order valence-corrected chi connectivity index (χ2v) is 6.26. The summed E-state index contributed by atoms with van der Waals surface area (Å²) in [6, 6.07) is 10.2. The van der Waals surface area contributed by atoms with Crippen molar-refractivity contribution in [3.05, 3.63) is 75.9 Å². The standard InChI is InChI=1S/C20H15Cl2NO4/c1-3-9-26-18-12(5-4-6-17(18)25-2)11-16-20(24)27-19(23-16)13-7-8-14(21)15(22)10-13/h3-8,10-11H,1,9H2,2H3/b16-11-. The van der Waals surface area contributed by atoms with E-state index in [-0.39, 0.29) is 11.6 Å². The first kappa shape index (κ1) is 19.0. The van der Waals surface area contributed by atoms with Crippen LogP contribution in [0.2, 0.25) is 10.0 Å². The summed E-state index contributed by atoms with van der Waals surface area (Å²) in [7, 11) is 1.54. The Morgan fingerprint density at radius 1 is 1.22 bits per heavy atom. The van der Waals surface area contributed by atoms with Crippen molar-refractivity contribution in [3.8, 4) is 11.5 Å². The number of cyclic esters (lactones) is 1. The summed E-state index contributed by atoms with van der Waals surface area (Å²) in [5.74, 6) is 0.597. The molecule has 0 radical (unpaired) electrons. The summed E-state index contributed by atoms with van der Waals surface area (Å²) in [6.07, 6.45) is 3.20. The van der Waals surface area contributed by atoms with E-state index in [0.29, 0.717) is 39.3 Å². The molecule has 5 nitrogen and oxygen atoms in total. The number of methoxy groups -OCH3 is 1. The number of aliphatic imine (C=N–C) groups is 1. The molecular weight excluding hydrogens is 389 g/mol. The fourth-order valence-corrected chi connectivity index (χ4v) is 2.71. The van der Waals surface area contributed by atoms with Crippen LogP contribution in [0, 0.1) is 0 Å². The van der Waals surface area contributed by atoms with Gasteiger partial charge in [-0.3, -0.25) is 0 Å². The van der Waals surface area contributed by atoms with Crippen molar-refractivity contribution in [2.45, 2.75) is 0 Å². The van der Waals surface area contributed by atoms with Crippen LogP contribution in [0.1, 0.15) is 11.1 Å². The van der Waals surface area contributed by atoms with Gasteiger partial charge in [-0.2, -0.15) is 0 Å². The molecule has 0 unspecified atom stereocenters. The van der Waals surface area contributed by atoms with E-state index in [0.717, 1.165) is 0 Å². The summed E-state index contributed by atoms with van der Waals surface area (Å²) in [5.41, 5.74) is 1.31. The minimum Gasteiger partial charge on any atom is -0.493 e. The van der Waals surface area contributed by atoms with Crippen LogP contribution in [0.15, 0.2) is 59.7 Å². The number of esters is 1. The highest BCUT2D eigenvalue weighted by Crippen LogP contribution is 2.34. The van der Waals surface area contributed by atoms with Crippen LogP contribution < -0.4 is 9.47 Å². The number of ether oxygens (including phenoxy) is 3. The zero-order chi connectivity index (χ0) is 19.4. The molecule has 0 saturated carbocycles. The van der Waals surface area contributed by atoms with E-state index in [4.69, 9.17) is 37.4 Å². The third-order valence-corrected chi connectivity index (χ3v) is 4.39. The Morgan fingerprint density at radius 3 is 2.74 bits per heavy atom. The molecule has 0 aliphatic carbocycles. The average molecular weight is 404 g/mol. The first-order valence-corrected chi connectivity index (χ1v) is 8.67. The Balaban J connectivity index is 1.99. The molecule has 138 valence electrons. The van der Waals surface area contributed by atoms with Gasteiger partial charge in [0, 0.05) is 11.1 Å². The lowest BCUT2D eigenvalue weighted by atomic mass is 10.1. The molecule has 0 bridgehead atoms. The lowest BCUT2D eigenvalue weighted by molar-refractivity contribution is -0.129. The zero-order valence-electron chi connectivity index (χ0n) is 14.4. The van der Waals surface area contributed by atoms with E-state index in [1.165, 1.54) is 7.11 Å². The van der Waals surface area contributed by atoms with Crippen LogP contribution in [0.25, 0.3) is 6.08 Å². The number of nitrogens with zero attached hydrogens (tertiary/aromatic N) is 1. The van der Waals surface area contributed by atoms with Gasteiger partial charge in [-0.15, -0.1) is 0 Å². The summed E-state index contributed by atoms with van der Waals surface area (Å²) in [6.45, 7) is 3.93. The van der Waals surface area contributed by atoms with Crippen LogP contribution >= 0.6 is 23.2 Å². The van der Waals surface area contributed by atoms with Crippen LogP contribution in [0.4, 0.5) is 0 Å². The number of benzene rings is 2. The number of halogens is 2. The molecular formula is C20H15Cl2NO4. The normalized spacial score (nSPS) is 14.7. The number of carbonyl (C=O) groups is 1. The average Bonchev–Trinajstić information content (AvgIpc) is 3.03. The lowest BCUT2D eigenvalue weighted by Gasteiger charge is -2.12. The summed E-state index contributed by atoms with van der Waals surface area (Å²) < 4.78 is 16.3. The van der Waals surface area contributed by atoms with Crippen molar-refractivity contribution in [1.82, 2.24) is 0 Å². The molecule has 1 aliphatic heterocycles. The molecule has 0 atom stereocenters. The third-order valence-electron chi connectivity index (χ3n) is 3.65. The number of carbonyl (C=O) groups excluding carboxylic acids is 1. The zero-order valence-corrected chi connectivity index (χ0v) is 15.9. The molecule has 0 N–H and O–H groups in total. The van der Waals surface area contributed by atoms with Crippen LogP contribution in [-0.4, -0.2) is 25.6 Å². The molecule has 1 aliphatic rings. The first-order valence-electron chi connectivity index (χ1n) is 7.92. The van der Waals surface area contributed by atoms with Gasteiger partial charge in [-0.25, -0.2) is 9.79 Å². The number of para-hydroxylation sites is 1. The van der Waals surface area contributed by atoms with Crippen LogP contribution in [0.3, 0.4) is 0 Å². The van der Waals surface area contributed by atoms with Gasteiger partial charge in [-0.05, 0) is 30.3 Å². The summed E-state index contributed by atoms with van der Waals surface area (Å²) in [5, 5.41) is 0.750. The Morgan fingerprint density at radius 2 is 2.04 bits per heavy atom. The number of hydrogen-bond acceptors (Lipinski definition) is 5. The van der Waals surface area contributed by atoms with Gasteiger partial charge in [0.25, 0.3) is 0 Å². The van der Waals surface area contributed by atoms with Crippen LogP contribution in [-0.2, 0) is 9.53 Å². The number of rotatable bonds is 6. The van der Waals surface area contributed by atoms with Gasteiger partial charge >= 0.3 is 5.97 Å². The molecule has 27 heavy (non-hydrogen) atoms. The molecule has 0 fully saturated rings. The lowest BCUT2D eigenvalue weighted by Crippen LogP contribution is -2.05. The molecule has 0 saturated heterocycles. The SMILES string of the molecule is C=CCOc1c(/C=C2\N=C(c3ccc(Cl)c(Cl)c3)OC2=O)cccc1OC. The monoisotopic (exact) mass is 403 g/mol. The number of hydrogen-bond donors (Lipinski definition) is 0. The van der Waals surface area contributed by atoms with E-state index < -0.39 is 5.97 Å². The van der Waals surface area contributed by atoms with E-state index >= 15 is 0 Å². The smallest absolute Gasteiger partial charge is 0.363 e. The second-order valence-electron chi connectivity index (χ2n) is 5.44. The molecule has 3 rings (SSSR count). The Bertz CT molecular complexity index is 966. The van der Waals surface area contributed by atoms with E-state index in [9.17, 15) is 4.79 Å². The third kappa shape index (κ3) is 4.15. The summed E-state index contributed by atoms with van der Waals surface area (Å²) >= 11 is 11.9. The highest BCUT2D eigenvalue weighted by atomic mass is 35.5. The predicted octanol–water partition coefficient (Wildman–Crippen LogP) is 4.91. The van der Waals surface area contributed by atoms with Gasteiger partial charge in [0.1, 0.15) is 6.61 Å². The quantitative estimate of drug-likeness (QED) is 0.390. The fourth-order valence-electron chi connectivity index (χ4n) is 2.41. The van der Waals surface area contributed by atoms with Crippen molar-refractivity contribution >= 4 is 41.1 Å². The van der Waals surface area contributed by atoms with E-state index in [1.807, 2.05) is 0 Å². The predicted molar refractivity (Wildman–Crippen MR) is 106 cm³/mol. The van der Waals surface area contributed by atoms with E-state index in [1.54, 1.807) is 48.6 Å². The maximum atomic E-state index is 12.2. The fraction of sp³-hybridized carbons (Fsp3) is 0.100. The molecule has 1 heterocycles. The second kappa shape index (κ2) is 8.29. The van der Waals surface area contributed by atoms with Crippen LogP contribution in [0.5, 0.6) is 11.5 Å². The summed E-state index contributed by atoms with van der Waals surface area (Å²) in [4.78, 5) is 16.5. The molecule has 0 spiro atoms. The first-order chi connectivity index (χ1) is 13.0. The Kier molecular flexibility index (Phi) is 5.84. The van der Waals surface area contributed by atoms with Crippen molar-refractivity contribution in [2.24, 2.45) is 4.99 Å². The van der Waals surface area contributed by atoms with Gasteiger partial charge in [-0.1, -0.05) is 48.0 Å². The molecule has 0 amide bonds. The van der Waals surface area contributed by atoms with Gasteiger partial charge in [0.05, 0.1) is 17.2 Å². The van der Waals surface area contributed by atoms with Crippen molar-refractivity contribution in [3.63, 3.8) is 0 Å². The Labute approximate surface area is 166 Å². The largest absolute Gasteiger partial charge is 0.493 e. The highest BCUT2D eigenvalue weighted by Gasteiger charge is 2.25. The Hall–Kier alpha value is -2.76. The van der Waals surface area contributed by atoms with Gasteiger partial charge < -0.3 is 14.2 Å². The molecule has 2 aromatic rings. The van der Waals surface area contributed by atoms with Gasteiger partial charge in [0.2, 0.25) is 5.90 Å². The van der Waals surface area contributed by atoms with E-state index in [2.05, 4.69) is 11.6 Å². The minimum absolute atomic E-state index is 0.132. The van der Waals surface area contributed by atoms with Crippen molar-refractivity contribution in [2.75, 3.05) is 13.7 Å². The minimum atomic E-state index is -0.575. The van der Waals surface area contributed by atoms with Crippen molar-refractivity contribution < 1.29 is 19.0 Å². The topological polar surface area (TPSA) is 57.1 Å². The molecule has 2 aromatic carbocycles. The highest BCUT2D eigenvalue weighted by molar-refractivity contribution is 6.42. The maximum absolute atomic E-state index is 12.2.